The van der Waals surface area contributed by atoms with Crippen molar-refractivity contribution in [3.8, 4) is 17.5 Å². The summed E-state index contributed by atoms with van der Waals surface area (Å²) < 4.78 is 2.14. The number of aliphatic imine (C=N–C) groups is 1. The van der Waals surface area contributed by atoms with Gasteiger partial charge < -0.3 is 9.80 Å². The topological polar surface area (TPSA) is 73.3 Å². The van der Waals surface area contributed by atoms with E-state index in [2.05, 4.69) is 37.8 Å². The summed E-state index contributed by atoms with van der Waals surface area (Å²) >= 11 is 0. The van der Waals surface area contributed by atoms with Crippen LogP contribution in [0.15, 0.2) is 47.6 Å². The second kappa shape index (κ2) is 6.06. The van der Waals surface area contributed by atoms with Crippen LogP contribution in [0.2, 0.25) is 0 Å². The van der Waals surface area contributed by atoms with Crippen LogP contribution in [0.4, 0.5) is 0 Å². The molecule has 1 fully saturated rings. The highest BCUT2D eigenvalue weighted by Gasteiger charge is 2.51. The van der Waals surface area contributed by atoms with Gasteiger partial charge in [0.15, 0.2) is 0 Å². The Morgan fingerprint density at radius 2 is 2.07 bits per heavy atom. The number of benzene rings is 1. The van der Waals surface area contributed by atoms with Gasteiger partial charge in [0.05, 0.1) is 11.2 Å². The minimum Gasteiger partial charge on any atom is -0.348 e. The third-order valence-electron chi connectivity index (χ3n) is 5.83. The van der Waals surface area contributed by atoms with E-state index < -0.39 is 0 Å². The van der Waals surface area contributed by atoms with Crippen LogP contribution < -0.4 is 0 Å². The first kappa shape index (κ1) is 16.8. The largest absolute Gasteiger partial charge is 0.348 e. The van der Waals surface area contributed by atoms with E-state index in [0.717, 1.165) is 54.2 Å². The van der Waals surface area contributed by atoms with E-state index in [1.165, 1.54) is 5.69 Å². The summed E-state index contributed by atoms with van der Waals surface area (Å²) in [4.78, 5) is 12.6. The van der Waals surface area contributed by atoms with Gasteiger partial charge in [-0.25, -0.2) is 0 Å². The molecule has 1 saturated heterocycles. The Kier molecular flexibility index (Phi) is 3.63. The second-order valence-electron chi connectivity index (χ2n) is 7.85. The van der Waals surface area contributed by atoms with Gasteiger partial charge in [0.25, 0.3) is 0 Å². The molecule has 5 rings (SSSR count). The van der Waals surface area contributed by atoms with Crippen LogP contribution in [0, 0.1) is 11.5 Å². The van der Waals surface area contributed by atoms with E-state index in [1.54, 1.807) is 0 Å². The third-order valence-corrected chi connectivity index (χ3v) is 5.83. The smallest absolute Gasteiger partial charge is 0.212 e. The van der Waals surface area contributed by atoms with Crippen LogP contribution in [-0.4, -0.2) is 57.7 Å². The standard InChI is InChI=1S/C21H21N7/c1-26(2)20(24-14-22)27-12-21(13-27)7-8-28-19(21)10-18(25-28)16-9-15-5-3-4-6-17(15)23-11-16/h3-6,9-11H,7-8,12-13H2,1-2H3. The van der Waals surface area contributed by atoms with E-state index in [9.17, 15) is 0 Å². The minimum absolute atomic E-state index is 0.0990. The highest BCUT2D eigenvalue weighted by atomic mass is 15.4. The molecule has 0 saturated carbocycles. The van der Waals surface area contributed by atoms with Crippen molar-refractivity contribution >= 4 is 16.9 Å². The molecule has 0 aliphatic carbocycles. The normalized spacial score (nSPS) is 17.5. The van der Waals surface area contributed by atoms with Gasteiger partial charge in [0, 0.05) is 62.0 Å². The Hall–Kier alpha value is -3.40. The first-order valence-electron chi connectivity index (χ1n) is 9.42. The van der Waals surface area contributed by atoms with E-state index >= 15 is 0 Å². The number of nitrogens with zero attached hydrogens (tertiary/aromatic N) is 7. The average Bonchev–Trinajstić information content (AvgIpc) is 3.24. The van der Waals surface area contributed by atoms with Gasteiger partial charge in [-0.1, -0.05) is 18.2 Å². The molecule has 7 nitrogen and oxygen atoms in total. The van der Waals surface area contributed by atoms with Gasteiger partial charge in [0.1, 0.15) is 0 Å². The third kappa shape index (κ3) is 2.45. The van der Waals surface area contributed by atoms with Crippen molar-refractivity contribution in [2.24, 2.45) is 4.99 Å². The zero-order chi connectivity index (χ0) is 19.3. The lowest BCUT2D eigenvalue weighted by Crippen LogP contribution is -2.62. The van der Waals surface area contributed by atoms with Gasteiger partial charge in [-0.05, 0) is 24.6 Å². The monoisotopic (exact) mass is 371 g/mol. The lowest BCUT2D eigenvalue weighted by atomic mass is 9.76. The first-order valence-corrected chi connectivity index (χ1v) is 9.42. The molecule has 1 spiro atoms. The molecule has 0 atom stereocenters. The van der Waals surface area contributed by atoms with Crippen molar-refractivity contribution in [3.63, 3.8) is 0 Å². The predicted molar refractivity (Wildman–Crippen MR) is 108 cm³/mol. The fourth-order valence-electron chi connectivity index (χ4n) is 4.46. The van der Waals surface area contributed by atoms with Crippen LogP contribution in [0.1, 0.15) is 12.1 Å². The zero-order valence-corrected chi connectivity index (χ0v) is 16.0. The summed E-state index contributed by atoms with van der Waals surface area (Å²) in [7, 11) is 3.84. The fourth-order valence-corrected chi connectivity index (χ4v) is 4.46. The summed E-state index contributed by atoms with van der Waals surface area (Å²) in [6, 6.07) is 12.5. The summed E-state index contributed by atoms with van der Waals surface area (Å²) in [6.07, 6.45) is 4.90. The van der Waals surface area contributed by atoms with Crippen LogP contribution >= 0.6 is 0 Å². The Bertz CT molecular complexity index is 1130. The molecule has 3 aromatic rings. The lowest BCUT2D eigenvalue weighted by molar-refractivity contribution is 0.127. The number of fused-ring (bicyclic) bond motifs is 3. The number of hydrogen-bond acceptors (Lipinski definition) is 4. The maximum Gasteiger partial charge on any atom is 0.212 e. The second-order valence-corrected chi connectivity index (χ2v) is 7.85. The minimum atomic E-state index is 0.0990. The molecule has 1 aromatic carbocycles. The Labute approximate surface area is 163 Å². The van der Waals surface area contributed by atoms with Crippen LogP contribution in [0.5, 0.6) is 0 Å². The number of rotatable bonds is 1. The molecule has 2 aromatic heterocycles. The molecule has 0 unspecified atom stereocenters. The van der Waals surface area contributed by atoms with Crippen molar-refractivity contribution in [3.05, 3.63) is 48.3 Å². The molecule has 0 amide bonds. The van der Waals surface area contributed by atoms with Gasteiger partial charge >= 0.3 is 0 Å². The SMILES string of the molecule is CN(C)C(=NC#N)N1CC2(CCn3nc(-c4cnc5ccccc5c4)cc32)C1. The van der Waals surface area contributed by atoms with E-state index in [1.807, 2.05) is 49.6 Å². The van der Waals surface area contributed by atoms with Crippen molar-refractivity contribution in [2.75, 3.05) is 27.2 Å². The van der Waals surface area contributed by atoms with E-state index in [-0.39, 0.29) is 5.41 Å². The highest BCUT2D eigenvalue weighted by molar-refractivity contribution is 5.83. The highest BCUT2D eigenvalue weighted by Crippen LogP contribution is 2.44. The number of pyridine rings is 1. The molecular weight excluding hydrogens is 350 g/mol. The molecular formula is C21H21N7. The summed E-state index contributed by atoms with van der Waals surface area (Å²) in [5.41, 5.74) is 4.40. The van der Waals surface area contributed by atoms with Crippen LogP contribution in [0.25, 0.3) is 22.2 Å². The van der Waals surface area contributed by atoms with Crippen molar-refractivity contribution in [1.82, 2.24) is 24.6 Å². The van der Waals surface area contributed by atoms with E-state index in [4.69, 9.17) is 10.4 Å². The first-order chi connectivity index (χ1) is 13.6. The van der Waals surface area contributed by atoms with Crippen LogP contribution in [-0.2, 0) is 12.0 Å². The number of nitriles is 1. The molecule has 0 radical (unpaired) electrons. The van der Waals surface area contributed by atoms with E-state index in [0.29, 0.717) is 0 Å². The average molecular weight is 371 g/mol. The molecule has 28 heavy (non-hydrogen) atoms. The lowest BCUT2D eigenvalue weighted by Gasteiger charge is -2.49. The number of aryl methyl sites for hydroxylation is 1. The maximum absolute atomic E-state index is 8.96. The number of hydrogen-bond donors (Lipinski definition) is 0. The molecule has 4 heterocycles. The maximum atomic E-state index is 8.96. The number of likely N-dealkylation sites (tertiary alicyclic amines) is 1. The Morgan fingerprint density at radius 1 is 1.25 bits per heavy atom. The Morgan fingerprint density at radius 3 is 2.86 bits per heavy atom. The molecule has 7 heteroatoms. The van der Waals surface area contributed by atoms with Crippen LogP contribution in [0.3, 0.4) is 0 Å². The Balaban J connectivity index is 1.44. The van der Waals surface area contributed by atoms with Gasteiger partial charge in [-0.15, -0.1) is 4.99 Å². The van der Waals surface area contributed by atoms with Crippen molar-refractivity contribution in [1.29, 1.82) is 5.26 Å². The van der Waals surface area contributed by atoms with Gasteiger partial charge in [-0.3, -0.25) is 9.67 Å². The summed E-state index contributed by atoms with van der Waals surface area (Å²) in [5, 5.41) is 14.9. The predicted octanol–water partition coefficient (Wildman–Crippen LogP) is 2.45. The van der Waals surface area contributed by atoms with Gasteiger partial charge in [0.2, 0.25) is 12.2 Å². The molecule has 0 N–H and O–H groups in total. The number of para-hydroxylation sites is 1. The zero-order valence-electron chi connectivity index (χ0n) is 16.0. The fraction of sp³-hybridized carbons (Fsp3) is 0.333. The quantitative estimate of drug-likeness (QED) is 0.373. The molecule has 2 aliphatic heterocycles. The molecule has 0 bridgehead atoms. The summed E-state index contributed by atoms with van der Waals surface area (Å²) in [6.45, 7) is 2.66. The van der Waals surface area contributed by atoms with Crippen molar-refractivity contribution in [2.45, 2.75) is 18.4 Å². The summed E-state index contributed by atoms with van der Waals surface area (Å²) in [5.74, 6) is 0.727. The molecule has 140 valence electrons. The van der Waals surface area contributed by atoms with Crippen molar-refractivity contribution < 1.29 is 0 Å². The van der Waals surface area contributed by atoms with Gasteiger partial charge in [-0.2, -0.15) is 10.4 Å². The number of aromatic nitrogens is 3. The number of guanidine groups is 1. The molecule has 2 aliphatic rings.